The van der Waals surface area contributed by atoms with E-state index < -0.39 is 5.92 Å². The second kappa shape index (κ2) is 6.38. The molecule has 2 aliphatic rings. The monoisotopic (exact) mass is 286 g/mol. The molecule has 1 unspecified atom stereocenters. The number of hydrogen-bond donors (Lipinski definition) is 0. The number of aromatic nitrogens is 3. The van der Waals surface area contributed by atoms with Crippen molar-refractivity contribution in [1.29, 1.82) is 5.26 Å². The number of nitrogens with zero attached hydrogens (tertiary/aromatic N) is 4. The highest BCUT2D eigenvalue weighted by atomic mass is 16.1. The zero-order valence-corrected chi connectivity index (χ0v) is 12.4. The Morgan fingerprint density at radius 2 is 1.90 bits per heavy atom. The predicted octanol–water partition coefficient (Wildman–Crippen LogP) is 2.76. The number of ketones is 1. The lowest BCUT2D eigenvalue weighted by Crippen LogP contribution is -2.26. The van der Waals surface area contributed by atoms with Crippen LogP contribution in [0.25, 0.3) is 0 Å². The molecule has 5 heteroatoms. The van der Waals surface area contributed by atoms with Gasteiger partial charge in [0.25, 0.3) is 0 Å². The van der Waals surface area contributed by atoms with Gasteiger partial charge in [-0.2, -0.15) is 5.26 Å². The minimum Gasteiger partial charge on any atom is -0.313 e. The van der Waals surface area contributed by atoms with Crippen LogP contribution in [0.1, 0.15) is 68.9 Å². The van der Waals surface area contributed by atoms with E-state index in [1.807, 2.05) is 4.57 Å². The van der Waals surface area contributed by atoms with E-state index in [4.69, 9.17) is 0 Å². The Morgan fingerprint density at radius 1 is 1.14 bits per heavy atom. The summed E-state index contributed by atoms with van der Waals surface area (Å²) < 4.78 is 2.03. The van der Waals surface area contributed by atoms with Crippen molar-refractivity contribution in [1.82, 2.24) is 14.8 Å². The number of Topliss-reactive ketones (excluding diaryl/α,β-unsaturated/α-hetero) is 1. The van der Waals surface area contributed by atoms with Crippen LogP contribution in [0.2, 0.25) is 0 Å². The molecule has 0 saturated heterocycles. The Morgan fingerprint density at radius 3 is 2.67 bits per heavy atom. The van der Waals surface area contributed by atoms with Crippen LogP contribution < -0.4 is 0 Å². The van der Waals surface area contributed by atoms with E-state index in [1.165, 1.54) is 12.8 Å². The van der Waals surface area contributed by atoms with Gasteiger partial charge in [-0.25, -0.2) is 0 Å². The highest BCUT2D eigenvalue weighted by Gasteiger charge is 2.33. The third-order valence-corrected chi connectivity index (χ3v) is 4.82. The fraction of sp³-hybridized carbons (Fsp3) is 0.750. The van der Waals surface area contributed by atoms with Gasteiger partial charge < -0.3 is 4.57 Å². The van der Waals surface area contributed by atoms with Crippen molar-refractivity contribution in [3.05, 3.63) is 11.6 Å². The van der Waals surface area contributed by atoms with Crippen LogP contribution in [0.3, 0.4) is 0 Å². The van der Waals surface area contributed by atoms with Gasteiger partial charge in [0.05, 0.1) is 6.07 Å². The van der Waals surface area contributed by atoms with Gasteiger partial charge in [0.1, 0.15) is 5.82 Å². The molecule has 1 saturated carbocycles. The third kappa shape index (κ3) is 2.85. The molecule has 0 aromatic carbocycles. The quantitative estimate of drug-likeness (QED) is 0.856. The zero-order chi connectivity index (χ0) is 14.7. The van der Waals surface area contributed by atoms with Crippen molar-refractivity contribution >= 4 is 5.78 Å². The number of aryl methyl sites for hydroxylation is 1. The van der Waals surface area contributed by atoms with Crippen LogP contribution in [-0.4, -0.2) is 20.5 Å². The van der Waals surface area contributed by atoms with E-state index in [0.717, 1.165) is 57.3 Å². The summed E-state index contributed by atoms with van der Waals surface area (Å²) in [5.74, 6) is 0.912. The lowest BCUT2D eigenvalue weighted by atomic mass is 9.82. The van der Waals surface area contributed by atoms with Crippen molar-refractivity contribution in [3.63, 3.8) is 0 Å². The number of rotatable bonds is 3. The number of carbonyl (C=O) groups excluding carboxylic acids is 1. The summed E-state index contributed by atoms with van der Waals surface area (Å²) in [6.45, 7) is 0.841. The Labute approximate surface area is 125 Å². The molecule has 112 valence electrons. The van der Waals surface area contributed by atoms with Gasteiger partial charge in [0.2, 0.25) is 0 Å². The summed E-state index contributed by atoms with van der Waals surface area (Å²) in [5.41, 5.74) is 0. The first-order chi connectivity index (χ1) is 10.3. The topological polar surface area (TPSA) is 71.6 Å². The van der Waals surface area contributed by atoms with Gasteiger partial charge in [-0.3, -0.25) is 4.79 Å². The Balaban J connectivity index is 1.85. The maximum absolute atomic E-state index is 12.7. The summed E-state index contributed by atoms with van der Waals surface area (Å²) >= 11 is 0. The molecule has 0 amide bonds. The van der Waals surface area contributed by atoms with Gasteiger partial charge in [-0.15, -0.1) is 10.2 Å². The molecule has 0 spiro atoms. The molecule has 1 aromatic heterocycles. The summed E-state index contributed by atoms with van der Waals surface area (Å²) in [4.78, 5) is 12.7. The van der Waals surface area contributed by atoms with Crippen LogP contribution in [0.15, 0.2) is 0 Å². The first-order valence-corrected chi connectivity index (χ1v) is 8.16. The molecule has 1 aromatic rings. The first-order valence-electron chi connectivity index (χ1n) is 8.16. The van der Waals surface area contributed by atoms with E-state index in [1.54, 1.807) is 0 Å². The van der Waals surface area contributed by atoms with E-state index in [9.17, 15) is 10.1 Å². The molecule has 3 rings (SSSR count). The first kappa shape index (κ1) is 14.2. The van der Waals surface area contributed by atoms with Gasteiger partial charge in [0.15, 0.2) is 17.5 Å². The molecule has 21 heavy (non-hydrogen) atoms. The van der Waals surface area contributed by atoms with Crippen LogP contribution >= 0.6 is 0 Å². The van der Waals surface area contributed by atoms with Crippen molar-refractivity contribution in [3.8, 4) is 6.07 Å². The zero-order valence-electron chi connectivity index (χ0n) is 12.4. The van der Waals surface area contributed by atoms with Crippen LogP contribution in [0, 0.1) is 17.2 Å². The minimum atomic E-state index is -0.729. The van der Waals surface area contributed by atoms with Crippen molar-refractivity contribution in [2.45, 2.75) is 70.3 Å². The molecule has 0 N–H and O–H groups in total. The normalized spacial score (nSPS) is 21.1. The fourth-order valence-electron chi connectivity index (χ4n) is 3.59. The van der Waals surface area contributed by atoms with Gasteiger partial charge in [-0.05, 0) is 25.7 Å². The summed E-state index contributed by atoms with van der Waals surface area (Å²) in [6.07, 6.45) is 9.55. The number of hydrogen-bond acceptors (Lipinski definition) is 4. The molecule has 1 aliphatic heterocycles. The predicted molar refractivity (Wildman–Crippen MR) is 77.5 cm³/mol. The second-order valence-electron chi connectivity index (χ2n) is 6.24. The molecule has 0 radical (unpaired) electrons. The van der Waals surface area contributed by atoms with Gasteiger partial charge in [-0.1, -0.05) is 25.7 Å². The van der Waals surface area contributed by atoms with E-state index in [-0.39, 0.29) is 11.7 Å². The largest absolute Gasteiger partial charge is 0.313 e. The summed E-state index contributed by atoms with van der Waals surface area (Å²) in [6, 6.07) is 2.20. The summed E-state index contributed by atoms with van der Waals surface area (Å²) in [7, 11) is 0. The third-order valence-electron chi connectivity index (χ3n) is 4.82. The fourth-order valence-corrected chi connectivity index (χ4v) is 3.59. The van der Waals surface area contributed by atoms with Crippen LogP contribution in [0.4, 0.5) is 0 Å². The number of carbonyl (C=O) groups is 1. The highest BCUT2D eigenvalue weighted by Crippen LogP contribution is 2.30. The smallest absolute Gasteiger partial charge is 0.165 e. The molecule has 0 bridgehead atoms. The van der Waals surface area contributed by atoms with Crippen LogP contribution in [-0.2, 0) is 17.8 Å². The summed E-state index contributed by atoms with van der Waals surface area (Å²) in [5, 5.41) is 17.9. The number of fused-ring (bicyclic) bond motifs is 1. The molecule has 1 aliphatic carbocycles. The van der Waals surface area contributed by atoms with E-state index >= 15 is 0 Å². The Hall–Kier alpha value is -1.70. The van der Waals surface area contributed by atoms with E-state index in [0.29, 0.717) is 5.82 Å². The Kier molecular flexibility index (Phi) is 4.33. The molecule has 2 heterocycles. The molecule has 5 nitrogen and oxygen atoms in total. The molecular weight excluding hydrogens is 264 g/mol. The van der Waals surface area contributed by atoms with Crippen molar-refractivity contribution in [2.24, 2.45) is 5.92 Å². The lowest BCUT2D eigenvalue weighted by molar-refractivity contribution is -0.124. The lowest BCUT2D eigenvalue weighted by Gasteiger charge is -2.22. The molecular formula is C16H22N4O. The maximum Gasteiger partial charge on any atom is 0.165 e. The molecule has 1 atom stereocenters. The van der Waals surface area contributed by atoms with Gasteiger partial charge >= 0.3 is 0 Å². The number of nitriles is 1. The van der Waals surface area contributed by atoms with E-state index in [2.05, 4.69) is 16.3 Å². The average molecular weight is 286 g/mol. The standard InChI is InChI=1S/C16H22N4O/c17-11-13(15(21)12-7-3-1-4-8-12)16-19-18-14-9-5-2-6-10-20(14)16/h12-13H,1-10H2. The second-order valence-corrected chi connectivity index (χ2v) is 6.24. The maximum atomic E-state index is 12.7. The average Bonchev–Trinajstić information content (AvgIpc) is 2.78. The van der Waals surface area contributed by atoms with Crippen LogP contribution in [0.5, 0.6) is 0 Å². The van der Waals surface area contributed by atoms with Gasteiger partial charge in [0, 0.05) is 18.9 Å². The SMILES string of the molecule is N#CC(C(=O)C1CCCCC1)c1nnc2n1CCCCC2. The Bertz CT molecular complexity index is 551. The minimum absolute atomic E-state index is 0.0436. The van der Waals surface area contributed by atoms with Crippen molar-refractivity contribution in [2.75, 3.05) is 0 Å². The molecule has 1 fully saturated rings. The highest BCUT2D eigenvalue weighted by molar-refractivity contribution is 5.89. The van der Waals surface area contributed by atoms with Crippen molar-refractivity contribution < 1.29 is 4.79 Å².